The van der Waals surface area contributed by atoms with Gasteiger partial charge in [0.1, 0.15) is 0 Å². The van der Waals surface area contributed by atoms with Crippen LogP contribution in [0.3, 0.4) is 0 Å². The molecule has 5 nitrogen and oxygen atoms in total. The molecule has 0 rings (SSSR count). The van der Waals surface area contributed by atoms with Crippen molar-refractivity contribution in [3.63, 3.8) is 0 Å². The average molecular weight is 677 g/mol. The first kappa shape index (κ1) is 46.5. The van der Waals surface area contributed by atoms with E-state index in [4.69, 9.17) is 9.47 Å². The Labute approximate surface area is 298 Å². The number of aliphatic hydroxyl groups is 1. The maximum atomic E-state index is 12.9. The summed E-state index contributed by atoms with van der Waals surface area (Å²) in [6, 6.07) is 0. The zero-order chi connectivity index (χ0) is 35.9. The molecule has 0 aromatic carbocycles. The lowest BCUT2D eigenvalue weighted by atomic mass is 9.86. The molecule has 0 spiro atoms. The topological polar surface area (TPSA) is 72.8 Å². The molecule has 0 aliphatic heterocycles. The highest BCUT2D eigenvalue weighted by Crippen LogP contribution is 2.28. The summed E-state index contributed by atoms with van der Waals surface area (Å²) in [6.45, 7) is 15.4. The second-order valence-corrected chi connectivity index (χ2v) is 15.8. The van der Waals surface area contributed by atoms with Crippen molar-refractivity contribution in [1.82, 2.24) is 0 Å². The van der Waals surface area contributed by atoms with E-state index >= 15 is 0 Å². The fourth-order valence-electron chi connectivity index (χ4n) is 6.34. The van der Waals surface area contributed by atoms with E-state index in [2.05, 4.69) is 32.6 Å². The fraction of sp³-hybridized carbons (Fsp3) is 0.907. The third-order valence-corrected chi connectivity index (χ3v) is 10.0. The molecule has 5 heteroatoms. The molecule has 0 radical (unpaired) electrons. The second-order valence-electron chi connectivity index (χ2n) is 15.8. The Kier molecular flexibility index (Phi) is 29.3. The Morgan fingerprint density at radius 3 is 1.54 bits per heavy atom. The van der Waals surface area contributed by atoms with Crippen LogP contribution in [0.15, 0.2) is 0 Å². The van der Waals surface area contributed by atoms with E-state index < -0.39 is 10.8 Å². The van der Waals surface area contributed by atoms with Crippen LogP contribution in [0.2, 0.25) is 0 Å². The van der Waals surface area contributed by atoms with Crippen LogP contribution in [-0.2, 0) is 19.1 Å². The first-order valence-electron chi connectivity index (χ1n) is 20.5. The van der Waals surface area contributed by atoms with Crippen molar-refractivity contribution in [1.29, 1.82) is 0 Å². The minimum atomic E-state index is -0.509. The third-order valence-electron chi connectivity index (χ3n) is 10.0. The van der Waals surface area contributed by atoms with Gasteiger partial charge in [-0.2, -0.15) is 0 Å². The summed E-state index contributed by atoms with van der Waals surface area (Å²) in [5.74, 6) is 6.56. The predicted octanol–water partition coefficient (Wildman–Crippen LogP) is 12.3. The van der Waals surface area contributed by atoms with Crippen LogP contribution < -0.4 is 0 Å². The van der Waals surface area contributed by atoms with E-state index in [1.165, 1.54) is 83.5 Å². The summed E-state index contributed by atoms with van der Waals surface area (Å²) in [6.07, 6.45) is 28.4. The Morgan fingerprint density at radius 1 is 0.542 bits per heavy atom. The standard InChI is InChI=1S/C43H80O5/c1-8-11-14-16-17-18-19-28-36-47-40(45)42(4,5)34-26-20-24-31-39(44)32-25-21-27-35-43(6,7)41(46)48-37-33-38(29-22-13-10-3)30-23-15-12-9-2/h38-39,44H,8-18,20-27,29-37H2,1-7H3. The van der Waals surface area contributed by atoms with Gasteiger partial charge in [-0.15, -0.1) is 0 Å². The van der Waals surface area contributed by atoms with Crippen LogP contribution >= 0.6 is 0 Å². The number of rotatable bonds is 32. The maximum Gasteiger partial charge on any atom is 0.312 e. The molecule has 0 heterocycles. The van der Waals surface area contributed by atoms with E-state index in [1.807, 2.05) is 27.7 Å². The lowest BCUT2D eigenvalue weighted by molar-refractivity contribution is -0.155. The highest BCUT2D eigenvalue weighted by molar-refractivity contribution is 5.76. The number of carbonyl (C=O) groups excluding carboxylic acids is 2. The third kappa shape index (κ3) is 26.3. The number of unbranched alkanes of at least 4 members (excludes halogenated alkanes) is 14. The first-order chi connectivity index (χ1) is 23.0. The summed E-state index contributed by atoms with van der Waals surface area (Å²) in [5, 5.41) is 10.5. The van der Waals surface area contributed by atoms with E-state index in [0.29, 0.717) is 12.5 Å². The molecule has 0 fully saturated rings. The van der Waals surface area contributed by atoms with Gasteiger partial charge in [-0.1, -0.05) is 155 Å². The smallest absolute Gasteiger partial charge is 0.312 e. The van der Waals surface area contributed by atoms with Crippen molar-refractivity contribution in [2.24, 2.45) is 16.7 Å². The molecule has 0 aliphatic rings. The van der Waals surface area contributed by atoms with Gasteiger partial charge in [-0.05, 0) is 72.1 Å². The Bertz CT molecular complexity index is 836. The van der Waals surface area contributed by atoms with Gasteiger partial charge in [0.15, 0.2) is 6.61 Å². The Morgan fingerprint density at radius 2 is 0.979 bits per heavy atom. The number of aliphatic hydroxyl groups excluding tert-OH is 1. The van der Waals surface area contributed by atoms with Crippen molar-refractivity contribution in [3.05, 3.63) is 0 Å². The number of carbonyl (C=O) groups is 2. The van der Waals surface area contributed by atoms with E-state index in [0.717, 1.165) is 83.5 Å². The Hall–Kier alpha value is -1.54. The van der Waals surface area contributed by atoms with Gasteiger partial charge in [0.2, 0.25) is 0 Å². The molecule has 0 saturated heterocycles. The molecule has 0 aromatic heterocycles. The minimum absolute atomic E-state index is 0.0607. The van der Waals surface area contributed by atoms with Crippen molar-refractivity contribution in [2.45, 2.75) is 222 Å². The number of ether oxygens (including phenoxy) is 2. The van der Waals surface area contributed by atoms with Crippen LogP contribution in [0.1, 0.15) is 215 Å². The van der Waals surface area contributed by atoms with Gasteiger partial charge >= 0.3 is 11.9 Å². The lowest BCUT2D eigenvalue weighted by Crippen LogP contribution is -2.27. The van der Waals surface area contributed by atoms with Crippen molar-refractivity contribution in [3.8, 4) is 11.8 Å². The summed E-state index contributed by atoms with van der Waals surface area (Å²) < 4.78 is 11.2. The first-order valence-corrected chi connectivity index (χ1v) is 20.5. The molecule has 0 aliphatic carbocycles. The maximum absolute atomic E-state index is 12.9. The van der Waals surface area contributed by atoms with Gasteiger partial charge in [0.05, 0.1) is 23.5 Å². The fourth-order valence-corrected chi connectivity index (χ4v) is 6.34. The number of hydrogen-bond donors (Lipinski definition) is 1. The van der Waals surface area contributed by atoms with Crippen LogP contribution in [0.5, 0.6) is 0 Å². The average Bonchev–Trinajstić information content (AvgIpc) is 3.05. The molecule has 1 N–H and O–H groups in total. The molecule has 2 unspecified atom stereocenters. The summed E-state index contributed by atoms with van der Waals surface area (Å²) in [4.78, 5) is 25.4. The van der Waals surface area contributed by atoms with Crippen molar-refractivity contribution in [2.75, 3.05) is 13.2 Å². The lowest BCUT2D eigenvalue weighted by Gasteiger charge is -2.24. The molecule has 2 atom stereocenters. The van der Waals surface area contributed by atoms with E-state index in [1.54, 1.807) is 0 Å². The highest BCUT2D eigenvalue weighted by Gasteiger charge is 2.29. The van der Waals surface area contributed by atoms with Gasteiger partial charge in [0.25, 0.3) is 0 Å². The Balaban J connectivity index is 4.07. The number of esters is 2. The van der Waals surface area contributed by atoms with Crippen LogP contribution in [0.4, 0.5) is 0 Å². The van der Waals surface area contributed by atoms with Gasteiger partial charge in [-0.25, -0.2) is 0 Å². The van der Waals surface area contributed by atoms with Crippen LogP contribution in [-0.4, -0.2) is 36.4 Å². The van der Waals surface area contributed by atoms with Gasteiger partial charge in [0, 0.05) is 6.42 Å². The molecule has 0 amide bonds. The monoisotopic (exact) mass is 677 g/mol. The quantitative estimate of drug-likeness (QED) is 0.0436. The summed E-state index contributed by atoms with van der Waals surface area (Å²) >= 11 is 0. The van der Waals surface area contributed by atoms with E-state index in [9.17, 15) is 14.7 Å². The van der Waals surface area contributed by atoms with Crippen LogP contribution in [0.25, 0.3) is 0 Å². The van der Waals surface area contributed by atoms with Gasteiger partial charge < -0.3 is 14.6 Å². The molecule has 48 heavy (non-hydrogen) atoms. The molecule has 0 bridgehead atoms. The normalized spacial score (nSPS) is 13.1. The summed E-state index contributed by atoms with van der Waals surface area (Å²) in [5.41, 5.74) is -0.968. The van der Waals surface area contributed by atoms with E-state index in [-0.39, 0.29) is 24.6 Å². The molecular weight excluding hydrogens is 596 g/mol. The zero-order valence-electron chi connectivity index (χ0n) is 33.0. The number of hydrogen-bond acceptors (Lipinski definition) is 5. The van der Waals surface area contributed by atoms with Crippen molar-refractivity contribution < 1.29 is 24.2 Å². The van der Waals surface area contributed by atoms with Crippen LogP contribution in [0, 0.1) is 28.6 Å². The largest absolute Gasteiger partial charge is 0.465 e. The summed E-state index contributed by atoms with van der Waals surface area (Å²) in [7, 11) is 0. The molecular formula is C43H80O5. The van der Waals surface area contributed by atoms with Crippen molar-refractivity contribution >= 4 is 11.9 Å². The minimum Gasteiger partial charge on any atom is -0.465 e. The second kappa shape index (κ2) is 30.3. The molecule has 282 valence electrons. The molecule has 0 aromatic rings. The zero-order valence-corrected chi connectivity index (χ0v) is 33.0. The molecule has 0 saturated carbocycles. The SMILES string of the molecule is CCCCCCCC#CCOC(=O)C(C)(C)CCCCCC(O)CCCCCC(C)(C)C(=O)OCCC(CCCCC)CCCCCC. The predicted molar refractivity (Wildman–Crippen MR) is 204 cm³/mol. The van der Waals surface area contributed by atoms with Gasteiger partial charge in [-0.3, -0.25) is 9.59 Å². The highest BCUT2D eigenvalue weighted by atomic mass is 16.5.